The lowest BCUT2D eigenvalue weighted by atomic mass is 10.0. The van der Waals surface area contributed by atoms with Crippen molar-refractivity contribution >= 4 is 22.6 Å². The van der Waals surface area contributed by atoms with E-state index >= 15 is 0 Å². The Morgan fingerprint density at radius 2 is 2.08 bits per heavy atom. The first-order valence-electron chi connectivity index (χ1n) is 4.02. The molecule has 1 heterocycles. The van der Waals surface area contributed by atoms with Crippen LogP contribution in [0, 0.1) is 5.92 Å². The minimum Gasteiger partial charge on any atom is -0.330 e. The Balaban J connectivity index is 0.00000144. The normalized spacial score (nSPS) is 25.2. The van der Waals surface area contributed by atoms with E-state index in [1.165, 1.54) is 4.31 Å². The van der Waals surface area contributed by atoms with E-state index in [1.807, 2.05) is 0 Å². The molecule has 80 valence electrons. The second kappa shape index (κ2) is 5.11. The molecule has 0 bridgehead atoms. The lowest BCUT2D eigenvalue weighted by Crippen LogP contribution is -2.45. The smallest absolute Gasteiger partial charge is 0.276 e. The Hall–Kier alpha value is 0.120. The summed E-state index contributed by atoms with van der Waals surface area (Å²) in [5.41, 5.74) is 5.45. The van der Waals surface area contributed by atoms with Gasteiger partial charge in [0.05, 0.1) is 0 Å². The molecule has 5 nitrogen and oxygen atoms in total. The predicted molar refractivity (Wildman–Crippen MR) is 53.7 cm³/mol. The second-order valence-electron chi connectivity index (χ2n) is 3.15. The summed E-state index contributed by atoms with van der Waals surface area (Å²) >= 11 is 0. The molecule has 0 amide bonds. The quantitative estimate of drug-likeness (QED) is 0.655. The van der Waals surface area contributed by atoms with E-state index < -0.39 is 10.2 Å². The number of piperidine rings is 1. The van der Waals surface area contributed by atoms with Crippen LogP contribution in [0.2, 0.25) is 0 Å². The molecule has 1 aliphatic rings. The summed E-state index contributed by atoms with van der Waals surface area (Å²) in [6.45, 7) is 1.55. The first-order chi connectivity index (χ1) is 5.54. The molecule has 7 heteroatoms. The number of hydrogen-bond acceptors (Lipinski definition) is 3. The van der Waals surface area contributed by atoms with Crippen molar-refractivity contribution < 1.29 is 8.42 Å². The fourth-order valence-electron chi connectivity index (χ4n) is 1.45. The third-order valence-corrected chi connectivity index (χ3v) is 3.23. The van der Waals surface area contributed by atoms with Gasteiger partial charge in [-0.3, -0.25) is 0 Å². The Bertz CT molecular complexity index is 244. The van der Waals surface area contributed by atoms with Crippen LogP contribution in [0.3, 0.4) is 0 Å². The van der Waals surface area contributed by atoms with Gasteiger partial charge in [0.15, 0.2) is 0 Å². The zero-order chi connectivity index (χ0) is 9.19. The van der Waals surface area contributed by atoms with E-state index in [-0.39, 0.29) is 18.3 Å². The molecule has 1 atom stereocenters. The second-order valence-corrected chi connectivity index (χ2v) is 4.69. The van der Waals surface area contributed by atoms with Gasteiger partial charge in [-0.25, -0.2) is 5.14 Å². The van der Waals surface area contributed by atoms with Gasteiger partial charge in [-0.05, 0) is 25.3 Å². The molecule has 0 spiro atoms. The Morgan fingerprint density at radius 3 is 2.54 bits per heavy atom. The zero-order valence-electron chi connectivity index (χ0n) is 7.35. The fraction of sp³-hybridized carbons (Fsp3) is 1.00. The van der Waals surface area contributed by atoms with E-state index in [0.29, 0.717) is 19.6 Å². The summed E-state index contributed by atoms with van der Waals surface area (Å²) in [6.07, 6.45) is 1.86. The molecule has 0 radical (unpaired) electrons. The van der Waals surface area contributed by atoms with Gasteiger partial charge in [-0.15, -0.1) is 12.4 Å². The molecule has 0 aromatic rings. The number of rotatable bonds is 2. The van der Waals surface area contributed by atoms with Gasteiger partial charge in [0.1, 0.15) is 0 Å². The van der Waals surface area contributed by atoms with Crippen LogP contribution < -0.4 is 10.9 Å². The molecule has 13 heavy (non-hydrogen) atoms. The molecule has 4 N–H and O–H groups in total. The molecule has 1 unspecified atom stereocenters. The number of halogens is 1. The van der Waals surface area contributed by atoms with Crippen LogP contribution in [0.15, 0.2) is 0 Å². The molecular weight excluding hydrogens is 214 g/mol. The van der Waals surface area contributed by atoms with Gasteiger partial charge in [0.2, 0.25) is 0 Å². The highest BCUT2D eigenvalue weighted by atomic mass is 35.5. The van der Waals surface area contributed by atoms with Crippen molar-refractivity contribution in [2.45, 2.75) is 12.8 Å². The van der Waals surface area contributed by atoms with Crippen molar-refractivity contribution in [1.82, 2.24) is 4.31 Å². The highest BCUT2D eigenvalue weighted by molar-refractivity contribution is 7.86. The summed E-state index contributed by atoms with van der Waals surface area (Å²) in [4.78, 5) is 0. The van der Waals surface area contributed by atoms with Crippen molar-refractivity contribution in [1.29, 1.82) is 0 Å². The standard InChI is InChI=1S/C6H15N3O2S.ClH/c7-4-6-2-1-3-9(5-6)12(8,10)11;/h6H,1-5,7H2,(H2,8,10,11);1H. The Morgan fingerprint density at radius 1 is 1.46 bits per heavy atom. The van der Waals surface area contributed by atoms with Gasteiger partial charge < -0.3 is 5.73 Å². The molecule has 0 aromatic heterocycles. The van der Waals surface area contributed by atoms with Gasteiger partial charge >= 0.3 is 0 Å². The topological polar surface area (TPSA) is 89.4 Å². The molecule has 1 fully saturated rings. The zero-order valence-corrected chi connectivity index (χ0v) is 8.98. The van der Waals surface area contributed by atoms with E-state index in [2.05, 4.69) is 0 Å². The number of nitrogens with zero attached hydrogens (tertiary/aromatic N) is 1. The SMILES string of the molecule is Cl.NCC1CCCN(S(N)(=O)=O)C1. The van der Waals surface area contributed by atoms with Crippen molar-refractivity contribution in [3.8, 4) is 0 Å². The largest absolute Gasteiger partial charge is 0.330 e. The first-order valence-corrected chi connectivity index (χ1v) is 5.52. The van der Waals surface area contributed by atoms with E-state index in [0.717, 1.165) is 12.8 Å². The third-order valence-electron chi connectivity index (χ3n) is 2.17. The minimum atomic E-state index is -3.49. The molecular formula is C6H16ClN3O2S. The highest BCUT2D eigenvalue weighted by Crippen LogP contribution is 2.16. The lowest BCUT2D eigenvalue weighted by molar-refractivity contribution is 0.271. The average molecular weight is 230 g/mol. The van der Waals surface area contributed by atoms with Gasteiger partial charge in [-0.1, -0.05) is 0 Å². The molecule has 1 saturated heterocycles. The van der Waals surface area contributed by atoms with Crippen LogP contribution in [-0.4, -0.2) is 32.4 Å². The fourth-order valence-corrected chi connectivity index (χ4v) is 2.25. The summed E-state index contributed by atoms with van der Waals surface area (Å²) in [7, 11) is -3.49. The molecule has 0 aromatic carbocycles. The summed E-state index contributed by atoms with van der Waals surface area (Å²) in [5.74, 6) is 0.275. The summed E-state index contributed by atoms with van der Waals surface area (Å²) < 4.78 is 23.1. The third kappa shape index (κ3) is 3.78. The van der Waals surface area contributed by atoms with Crippen LogP contribution in [0.4, 0.5) is 0 Å². The molecule has 1 rings (SSSR count). The minimum absolute atomic E-state index is 0. The highest BCUT2D eigenvalue weighted by Gasteiger charge is 2.25. The van der Waals surface area contributed by atoms with Crippen LogP contribution in [0.1, 0.15) is 12.8 Å². The maximum atomic E-state index is 10.9. The van der Waals surface area contributed by atoms with Crippen molar-refractivity contribution in [3.63, 3.8) is 0 Å². The van der Waals surface area contributed by atoms with E-state index in [9.17, 15) is 8.42 Å². The van der Waals surface area contributed by atoms with Crippen molar-refractivity contribution in [2.75, 3.05) is 19.6 Å². The molecule has 1 aliphatic heterocycles. The van der Waals surface area contributed by atoms with E-state index in [4.69, 9.17) is 10.9 Å². The van der Waals surface area contributed by atoms with Gasteiger partial charge in [0.25, 0.3) is 10.2 Å². The number of nitrogens with two attached hydrogens (primary N) is 2. The van der Waals surface area contributed by atoms with Crippen LogP contribution in [-0.2, 0) is 10.2 Å². The first kappa shape index (κ1) is 13.1. The maximum absolute atomic E-state index is 10.9. The monoisotopic (exact) mass is 229 g/mol. The Kier molecular flexibility index (Phi) is 5.16. The van der Waals surface area contributed by atoms with Gasteiger partial charge in [0, 0.05) is 13.1 Å². The van der Waals surface area contributed by atoms with Gasteiger partial charge in [-0.2, -0.15) is 12.7 Å². The summed E-state index contributed by atoms with van der Waals surface area (Å²) in [5, 5.41) is 4.98. The van der Waals surface area contributed by atoms with Crippen LogP contribution in [0.25, 0.3) is 0 Å². The van der Waals surface area contributed by atoms with Crippen LogP contribution in [0.5, 0.6) is 0 Å². The maximum Gasteiger partial charge on any atom is 0.276 e. The molecule has 0 saturated carbocycles. The van der Waals surface area contributed by atoms with E-state index in [1.54, 1.807) is 0 Å². The van der Waals surface area contributed by atoms with Crippen molar-refractivity contribution in [3.05, 3.63) is 0 Å². The predicted octanol–water partition coefficient (Wildman–Crippen LogP) is -0.718. The Labute approximate surface area is 85.0 Å². The van der Waals surface area contributed by atoms with Crippen molar-refractivity contribution in [2.24, 2.45) is 16.8 Å². The summed E-state index contributed by atoms with van der Waals surface area (Å²) in [6, 6.07) is 0. The van der Waals surface area contributed by atoms with Crippen LogP contribution >= 0.6 is 12.4 Å². The molecule has 0 aliphatic carbocycles. The average Bonchev–Trinajstić information content (AvgIpc) is 2.03. The number of hydrogen-bond donors (Lipinski definition) is 2. The lowest BCUT2D eigenvalue weighted by Gasteiger charge is -2.29.